The van der Waals surface area contributed by atoms with Crippen molar-refractivity contribution >= 4 is 18.3 Å². The third-order valence-electron chi connectivity index (χ3n) is 4.36. The zero-order chi connectivity index (χ0) is 13.0. The van der Waals surface area contributed by atoms with Crippen LogP contribution in [0.5, 0.6) is 0 Å². The number of carbonyl (C=O) groups excluding carboxylic acids is 1. The SMILES string of the molecule is CC1CCCCC1N(C)C(=O)CC1CNCCO1.Cl. The van der Waals surface area contributed by atoms with Gasteiger partial charge in [-0.15, -0.1) is 12.4 Å². The quantitative estimate of drug-likeness (QED) is 0.862. The summed E-state index contributed by atoms with van der Waals surface area (Å²) in [5, 5.41) is 3.27. The van der Waals surface area contributed by atoms with Gasteiger partial charge in [-0.25, -0.2) is 0 Å². The molecule has 5 heteroatoms. The van der Waals surface area contributed by atoms with Crippen molar-refractivity contribution < 1.29 is 9.53 Å². The average Bonchev–Trinajstić information content (AvgIpc) is 2.39. The van der Waals surface area contributed by atoms with Gasteiger partial charge in [0.05, 0.1) is 19.1 Å². The zero-order valence-corrected chi connectivity index (χ0v) is 12.9. The lowest BCUT2D eigenvalue weighted by Gasteiger charge is -2.37. The van der Waals surface area contributed by atoms with Crippen LogP contribution in [0.2, 0.25) is 0 Å². The Hall–Kier alpha value is -0.320. The fourth-order valence-corrected chi connectivity index (χ4v) is 3.15. The van der Waals surface area contributed by atoms with Crippen molar-refractivity contribution in [2.24, 2.45) is 5.92 Å². The number of morpholine rings is 1. The Morgan fingerprint density at radius 1 is 1.37 bits per heavy atom. The standard InChI is InChI=1S/C14H26N2O2.ClH/c1-11-5-3-4-6-13(11)16(2)14(17)9-12-10-15-7-8-18-12;/h11-13,15H,3-10H2,1-2H3;1H. The molecule has 2 rings (SSSR count). The average molecular weight is 291 g/mol. The van der Waals surface area contributed by atoms with Gasteiger partial charge in [-0.2, -0.15) is 0 Å². The number of nitrogens with zero attached hydrogens (tertiary/aromatic N) is 1. The van der Waals surface area contributed by atoms with Gasteiger partial charge in [0.25, 0.3) is 0 Å². The zero-order valence-electron chi connectivity index (χ0n) is 12.1. The molecule has 2 aliphatic rings. The Labute approximate surface area is 122 Å². The maximum atomic E-state index is 12.3. The molecule has 4 nitrogen and oxygen atoms in total. The molecule has 1 N–H and O–H groups in total. The van der Waals surface area contributed by atoms with Crippen LogP contribution in [0.15, 0.2) is 0 Å². The summed E-state index contributed by atoms with van der Waals surface area (Å²) < 4.78 is 5.60. The van der Waals surface area contributed by atoms with Gasteiger partial charge in [0, 0.05) is 26.2 Å². The Morgan fingerprint density at radius 3 is 2.74 bits per heavy atom. The molecule has 1 heterocycles. The molecule has 0 aromatic rings. The van der Waals surface area contributed by atoms with Crippen LogP contribution in [0.25, 0.3) is 0 Å². The van der Waals surface area contributed by atoms with Crippen LogP contribution in [-0.2, 0) is 9.53 Å². The van der Waals surface area contributed by atoms with Gasteiger partial charge in [0.2, 0.25) is 5.91 Å². The number of carbonyl (C=O) groups is 1. The molecule has 3 atom stereocenters. The number of ether oxygens (including phenoxy) is 1. The summed E-state index contributed by atoms with van der Waals surface area (Å²) in [5.74, 6) is 0.876. The highest BCUT2D eigenvalue weighted by molar-refractivity contribution is 5.85. The van der Waals surface area contributed by atoms with Crippen LogP contribution in [0, 0.1) is 5.92 Å². The molecule has 0 spiro atoms. The normalized spacial score (nSPS) is 31.4. The van der Waals surface area contributed by atoms with Gasteiger partial charge in [0.1, 0.15) is 0 Å². The summed E-state index contributed by atoms with van der Waals surface area (Å²) in [4.78, 5) is 14.2. The monoisotopic (exact) mass is 290 g/mol. The summed E-state index contributed by atoms with van der Waals surface area (Å²) in [6, 6.07) is 0.433. The minimum absolute atomic E-state index is 0. The molecule has 1 saturated carbocycles. The lowest BCUT2D eigenvalue weighted by Crippen LogP contribution is -2.46. The summed E-state index contributed by atoms with van der Waals surface area (Å²) in [6.45, 7) is 4.70. The number of halogens is 1. The van der Waals surface area contributed by atoms with Crippen LogP contribution in [0.3, 0.4) is 0 Å². The molecule has 0 bridgehead atoms. The first kappa shape index (κ1) is 16.7. The van der Waals surface area contributed by atoms with Crippen molar-refractivity contribution in [3.8, 4) is 0 Å². The van der Waals surface area contributed by atoms with Gasteiger partial charge < -0.3 is 15.0 Å². The van der Waals surface area contributed by atoms with E-state index >= 15 is 0 Å². The van der Waals surface area contributed by atoms with Crippen molar-refractivity contribution in [3.63, 3.8) is 0 Å². The first-order chi connectivity index (χ1) is 8.68. The Balaban J connectivity index is 0.00000180. The molecule has 19 heavy (non-hydrogen) atoms. The lowest BCUT2D eigenvalue weighted by molar-refractivity contribution is -0.137. The van der Waals surface area contributed by atoms with Crippen molar-refractivity contribution in [2.45, 2.75) is 51.2 Å². The Kier molecular flexibility index (Phi) is 7.11. The Morgan fingerprint density at radius 2 is 2.11 bits per heavy atom. The molecule has 0 radical (unpaired) electrons. The fourth-order valence-electron chi connectivity index (χ4n) is 3.15. The van der Waals surface area contributed by atoms with E-state index in [0.717, 1.165) is 26.1 Å². The van der Waals surface area contributed by atoms with Gasteiger partial charge in [-0.05, 0) is 18.8 Å². The van der Waals surface area contributed by atoms with Crippen LogP contribution in [-0.4, -0.2) is 49.7 Å². The molecule has 0 aromatic carbocycles. The smallest absolute Gasteiger partial charge is 0.225 e. The highest BCUT2D eigenvalue weighted by Gasteiger charge is 2.29. The minimum Gasteiger partial charge on any atom is -0.375 e. The molecule has 1 aliphatic heterocycles. The van der Waals surface area contributed by atoms with Crippen LogP contribution >= 0.6 is 12.4 Å². The van der Waals surface area contributed by atoms with Crippen LogP contribution in [0.1, 0.15) is 39.0 Å². The number of nitrogens with one attached hydrogen (secondary N) is 1. The van der Waals surface area contributed by atoms with E-state index in [-0.39, 0.29) is 24.4 Å². The third kappa shape index (κ3) is 4.62. The van der Waals surface area contributed by atoms with Gasteiger partial charge in [0.15, 0.2) is 0 Å². The first-order valence-electron chi connectivity index (χ1n) is 7.26. The van der Waals surface area contributed by atoms with E-state index in [4.69, 9.17) is 4.74 Å². The molecule has 3 unspecified atom stereocenters. The third-order valence-corrected chi connectivity index (χ3v) is 4.36. The van der Waals surface area contributed by atoms with Crippen molar-refractivity contribution in [2.75, 3.05) is 26.7 Å². The second-order valence-electron chi connectivity index (χ2n) is 5.73. The molecular formula is C14H27ClN2O2. The fraction of sp³-hybridized carbons (Fsp3) is 0.929. The Bertz CT molecular complexity index is 283. The molecule has 1 amide bonds. The summed E-state index contributed by atoms with van der Waals surface area (Å²) in [5.41, 5.74) is 0. The molecular weight excluding hydrogens is 264 g/mol. The molecule has 0 aromatic heterocycles. The number of amides is 1. The maximum absolute atomic E-state index is 12.3. The van der Waals surface area contributed by atoms with Gasteiger partial charge >= 0.3 is 0 Å². The number of hydrogen-bond donors (Lipinski definition) is 1. The minimum atomic E-state index is 0. The number of rotatable bonds is 3. The first-order valence-corrected chi connectivity index (χ1v) is 7.26. The van der Waals surface area contributed by atoms with Crippen LogP contribution in [0.4, 0.5) is 0 Å². The lowest BCUT2D eigenvalue weighted by atomic mass is 9.85. The summed E-state index contributed by atoms with van der Waals surface area (Å²) in [6.07, 6.45) is 5.57. The highest BCUT2D eigenvalue weighted by atomic mass is 35.5. The number of hydrogen-bond acceptors (Lipinski definition) is 3. The van der Waals surface area contributed by atoms with E-state index in [1.165, 1.54) is 19.3 Å². The highest BCUT2D eigenvalue weighted by Crippen LogP contribution is 2.27. The molecule has 112 valence electrons. The van der Waals surface area contributed by atoms with E-state index in [1.807, 2.05) is 11.9 Å². The predicted octanol–water partition coefficient (Wildman–Crippen LogP) is 1.82. The molecule has 1 saturated heterocycles. The van der Waals surface area contributed by atoms with E-state index in [2.05, 4.69) is 12.2 Å². The maximum Gasteiger partial charge on any atom is 0.225 e. The summed E-state index contributed by atoms with van der Waals surface area (Å²) >= 11 is 0. The molecule has 1 aliphatic carbocycles. The van der Waals surface area contributed by atoms with Crippen molar-refractivity contribution in [1.82, 2.24) is 10.2 Å². The predicted molar refractivity (Wildman–Crippen MR) is 78.7 cm³/mol. The summed E-state index contributed by atoms with van der Waals surface area (Å²) in [7, 11) is 1.96. The van der Waals surface area contributed by atoms with E-state index in [9.17, 15) is 4.79 Å². The van der Waals surface area contributed by atoms with E-state index in [1.54, 1.807) is 0 Å². The van der Waals surface area contributed by atoms with Gasteiger partial charge in [-0.3, -0.25) is 4.79 Å². The second-order valence-corrected chi connectivity index (χ2v) is 5.73. The second kappa shape index (κ2) is 8.08. The van der Waals surface area contributed by atoms with E-state index < -0.39 is 0 Å². The van der Waals surface area contributed by atoms with Crippen molar-refractivity contribution in [3.05, 3.63) is 0 Å². The van der Waals surface area contributed by atoms with E-state index in [0.29, 0.717) is 18.4 Å². The van der Waals surface area contributed by atoms with Crippen molar-refractivity contribution in [1.29, 1.82) is 0 Å². The van der Waals surface area contributed by atoms with Crippen LogP contribution < -0.4 is 5.32 Å². The van der Waals surface area contributed by atoms with Gasteiger partial charge in [-0.1, -0.05) is 19.8 Å². The molecule has 2 fully saturated rings. The topological polar surface area (TPSA) is 41.6 Å². The largest absolute Gasteiger partial charge is 0.375 e.